The molecule has 2 aromatic rings. The number of fused-ring (bicyclic) bond motifs is 1. The highest BCUT2D eigenvalue weighted by Crippen LogP contribution is 2.36. The van der Waals surface area contributed by atoms with Crippen LogP contribution in [0.4, 0.5) is 5.82 Å². The summed E-state index contributed by atoms with van der Waals surface area (Å²) < 4.78 is 1.86. The van der Waals surface area contributed by atoms with E-state index in [1.807, 2.05) is 23.9 Å². The molecule has 1 aliphatic heterocycles. The van der Waals surface area contributed by atoms with Crippen LogP contribution >= 0.6 is 23.2 Å². The van der Waals surface area contributed by atoms with Crippen LogP contribution in [0.25, 0.3) is 11.3 Å². The summed E-state index contributed by atoms with van der Waals surface area (Å²) in [6.07, 6.45) is 0.974. The lowest BCUT2D eigenvalue weighted by Crippen LogP contribution is -2.01. The Morgan fingerprint density at radius 1 is 1.35 bits per heavy atom. The number of hydrogen-bond donors (Lipinski definition) is 1. The number of rotatable bonds is 1. The Labute approximate surface area is 109 Å². The summed E-state index contributed by atoms with van der Waals surface area (Å²) in [4.78, 5) is 0. The summed E-state index contributed by atoms with van der Waals surface area (Å²) in [5.41, 5.74) is 3.05. The lowest BCUT2D eigenvalue weighted by molar-refractivity contribution is 0.775. The van der Waals surface area contributed by atoms with Crippen molar-refractivity contribution in [1.82, 2.24) is 9.78 Å². The predicted octanol–water partition coefficient (Wildman–Crippen LogP) is 3.36. The highest BCUT2D eigenvalue weighted by Gasteiger charge is 2.22. The smallest absolute Gasteiger partial charge is 0.127 e. The quantitative estimate of drug-likeness (QED) is 0.859. The predicted molar refractivity (Wildman–Crippen MR) is 70.9 cm³/mol. The summed E-state index contributed by atoms with van der Waals surface area (Å²) in [5, 5.41) is 9.19. The van der Waals surface area contributed by atoms with Gasteiger partial charge in [-0.15, -0.1) is 0 Å². The van der Waals surface area contributed by atoms with Crippen molar-refractivity contribution in [2.24, 2.45) is 7.05 Å². The van der Waals surface area contributed by atoms with Gasteiger partial charge in [-0.25, -0.2) is 0 Å². The summed E-state index contributed by atoms with van der Waals surface area (Å²) in [6, 6.07) is 5.46. The van der Waals surface area contributed by atoms with E-state index in [0.29, 0.717) is 10.0 Å². The molecule has 0 saturated carbocycles. The third-order valence-electron chi connectivity index (χ3n) is 3.00. The molecule has 0 bridgehead atoms. The van der Waals surface area contributed by atoms with Crippen LogP contribution in [0.1, 0.15) is 5.56 Å². The van der Waals surface area contributed by atoms with Gasteiger partial charge >= 0.3 is 0 Å². The molecule has 0 atom stereocenters. The molecule has 2 heterocycles. The molecule has 3 nitrogen and oxygen atoms in total. The molecule has 3 rings (SSSR count). The van der Waals surface area contributed by atoms with Gasteiger partial charge in [-0.3, -0.25) is 4.68 Å². The molecular weight excluding hydrogens is 257 g/mol. The van der Waals surface area contributed by atoms with Crippen LogP contribution in [0.15, 0.2) is 18.2 Å². The van der Waals surface area contributed by atoms with Crippen LogP contribution in [0.2, 0.25) is 10.0 Å². The molecule has 1 aromatic heterocycles. The van der Waals surface area contributed by atoms with Crippen molar-refractivity contribution < 1.29 is 0 Å². The molecule has 0 saturated heterocycles. The zero-order valence-corrected chi connectivity index (χ0v) is 10.8. The lowest BCUT2D eigenvalue weighted by atomic mass is 10.1. The van der Waals surface area contributed by atoms with E-state index in [4.69, 9.17) is 23.2 Å². The SMILES string of the molecule is Cn1nc(-c2cc(Cl)ccc2Cl)c2c1NCC2. The van der Waals surface area contributed by atoms with E-state index < -0.39 is 0 Å². The van der Waals surface area contributed by atoms with Gasteiger partial charge in [0.05, 0.1) is 10.7 Å². The lowest BCUT2D eigenvalue weighted by Gasteiger charge is -2.03. The third-order valence-corrected chi connectivity index (χ3v) is 3.56. The summed E-state index contributed by atoms with van der Waals surface area (Å²) >= 11 is 12.2. The van der Waals surface area contributed by atoms with E-state index in [-0.39, 0.29) is 0 Å². The zero-order chi connectivity index (χ0) is 12.0. The molecule has 0 radical (unpaired) electrons. The maximum Gasteiger partial charge on any atom is 0.127 e. The van der Waals surface area contributed by atoms with Crippen molar-refractivity contribution in [2.75, 3.05) is 11.9 Å². The van der Waals surface area contributed by atoms with Gasteiger partial charge in [0, 0.05) is 29.7 Å². The molecule has 1 N–H and O–H groups in total. The van der Waals surface area contributed by atoms with Crippen molar-refractivity contribution in [2.45, 2.75) is 6.42 Å². The van der Waals surface area contributed by atoms with Gasteiger partial charge in [-0.1, -0.05) is 23.2 Å². The molecule has 0 fully saturated rings. The number of halogens is 2. The number of nitrogens with zero attached hydrogens (tertiary/aromatic N) is 2. The second kappa shape index (κ2) is 3.93. The topological polar surface area (TPSA) is 29.9 Å². The largest absolute Gasteiger partial charge is 0.370 e. The van der Waals surface area contributed by atoms with Gasteiger partial charge in [0.1, 0.15) is 5.82 Å². The number of benzene rings is 1. The molecule has 1 aliphatic rings. The molecule has 1 aromatic carbocycles. The summed E-state index contributed by atoms with van der Waals surface area (Å²) in [7, 11) is 1.93. The van der Waals surface area contributed by atoms with E-state index in [1.54, 1.807) is 6.07 Å². The first-order valence-electron chi connectivity index (χ1n) is 5.42. The minimum Gasteiger partial charge on any atom is -0.370 e. The van der Waals surface area contributed by atoms with Crippen LogP contribution < -0.4 is 5.32 Å². The van der Waals surface area contributed by atoms with E-state index in [2.05, 4.69) is 10.4 Å². The van der Waals surface area contributed by atoms with E-state index >= 15 is 0 Å². The first kappa shape index (κ1) is 10.9. The highest BCUT2D eigenvalue weighted by atomic mass is 35.5. The van der Waals surface area contributed by atoms with Crippen LogP contribution in [0.5, 0.6) is 0 Å². The summed E-state index contributed by atoms with van der Waals surface area (Å²) in [5.74, 6) is 1.08. The molecular formula is C12H11Cl2N3. The maximum absolute atomic E-state index is 6.21. The van der Waals surface area contributed by atoms with Gasteiger partial charge in [0.2, 0.25) is 0 Å². The minimum absolute atomic E-state index is 0.676. The van der Waals surface area contributed by atoms with Crippen LogP contribution in [-0.4, -0.2) is 16.3 Å². The van der Waals surface area contributed by atoms with E-state index in [1.165, 1.54) is 5.56 Å². The molecule has 5 heteroatoms. The van der Waals surface area contributed by atoms with Crippen LogP contribution in [-0.2, 0) is 13.5 Å². The Balaban J connectivity index is 2.22. The fourth-order valence-electron chi connectivity index (χ4n) is 2.23. The highest BCUT2D eigenvalue weighted by molar-refractivity contribution is 6.35. The minimum atomic E-state index is 0.676. The fourth-order valence-corrected chi connectivity index (χ4v) is 2.61. The molecule has 0 aliphatic carbocycles. The molecule has 0 unspecified atom stereocenters. The Hall–Kier alpha value is -1.19. The van der Waals surface area contributed by atoms with Crippen LogP contribution in [0, 0.1) is 0 Å². The molecule has 17 heavy (non-hydrogen) atoms. The van der Waals surface area contributed by atoms with Crippen molar-refractivity contribution in [1.29, 1.82) is 0 Å². The molecule has 0 spiro atoms. The van der Waals surface area contributed by atoms with Gasteiger partial charge in [0.25, 0.3) is 0 Å². The number of aryl methyl sites for hydroxylation is 1. The average Bonchev–Trinajstić information content (AvgIpc) is 2.87. The van der Waals surface area contributed by atoms with Crippen molar-refractivity contribution in [3.63, 3.8) is 0 Å². The van der Waals surface area contributed by atoms with Gasteiger partial charge in [0.15, 0.2) is 0 Å². The second-order valence-electron chi connectivity index (χ2n) is 4.10. The zero-order valence-electron chi connectivity index (χ0n) is 9.30. The standard InChI is InChI=1S/C12H11Cl2N3/c1-17-12-8(4-5-15-12)11(16-17)9-6-7(13)2-3-10(9)14/h2-3,6,15H,4-5H2,1H3. The first-order valence-corrected chi connectivity index (χ1v) is 6.17. The van der Waals surface area contributed by atoms with Gasteiger partial charge in [-0.2, -0.15) is 5.10 Å². The van der Waals surface area contributed by atoms with E-state index in [9.17, 15) is 0 Å². The average molecular weight is 268 g/mol. The maximum atomic E-state index is 6.21. The number of aromatic nitrogens is 2. The third kappa shape index (κ3) is 1.70. The Morgan fingerprint density at radius 2 is 2.18 bits per heavy atom. The van der Waals surface area contributed by atoms with Gasteiger partial charge in [-0.05, 0) is 24.6 Å². The number of hydrogen-bond acceptors (Lipinski definition) is 2. The monoisotopic (exact) mass is 267 g/mol. The van der Waals surface area contributed by atoms with Crippen molar-refractivity contribution in [3.8, 4) is 11.3 Å². The first-order chi connectivity index (χ1) is 8.16. The van der Waals surface area contributed by atoms with Crippen molar-refractivity contribution in [3.05, 3.63) is 33.8 Å². The van der Waals surface area contributed by atoms with Crippen LogP contribution in [0.3, 0.4) is 0 Å². The van der Waals surface area contributed by atoms with Crippen molar-refractivity contribution >= 4 is 29.0 Å². The number of anilines is 1. The van der Waals surface area contributed by atoms with E-state index in [0.717, 1.165) is 30.0 Å². The molecule has 88 valence electrons. The Morgan fingerprint density at radius 3 is 3.00 bits per heavy atom. The normalized spacial score (nSPS) is 13.6. The second-order valence-corrected chi connectivity index (χ2v) is 4.94. The number of nitrogens with one attached hydrogen (secondary N) is 1. The fraction of sp³-hybridized carbons (Fsp3) is 0.250. The van der Waals surface area contributed by atoms with Gasteiger partial charge < -0.3 is 5.32 Å². The Bertz CT molecular complexity index is 590. The molecule has 0 amide bonds. The Kier molecular flexibility index (Phi) is 2.53. The summed E-state index contributed by atoms with van der Waals surface area (Å²) in [6.45, 7) is 0.951.